The van der Waals surface area contributed by atoms with Crippen LogP contribution in [-0.4, -0.2) is 24.5 Å². The van der Waals surface area contributed by atoms with Crippen molar-refractivity contribution in [3.05, 3.63) is 33.8 Å². The van der Waals surface area contributed by atoms with E-state index >= 15 is 0 Å². The van der Waals surface area contributed by atoms with Gasteiger partial charge in [0.15, 0.2) is 0 Å². The van der Waals surface area contributed by atoms with E-state index in [-0.39, 0.29) is 6.04 Å². The Bertz CT molecular complexity index is 409. The molecule has 1 saturated heterocycles. The van der Waals surface area contributed by atoms with Crippen molar-refractivity contribution in [2.45, 2.75) is 25.8 Å². The average Bonchev–Trinajstić information content (AvgIpc) is 2.33. The van der Waals surface area contributed by atoms with Gasteiger partial charge >= 0.3 is 0 Å². The maximum atomic E-state index is 6.29. The van der Waals surface area contributed by atoms with Gasteiger partial charge in [-0.05, 0) is 43.0 Å². The number of halogens is 2. The van der Waals surface area contributed by atoms with Crippen LogP contribution in [0.2, 0.25) is 10.0 Å². The summed E-state index contributed by atoms with van der Waals surface area (Å²) in [6, 6.07) is 5.90. The molecule has 0 unspecified atom stereocenters. The van der Waals surface area contributed by atoms with Crippen molar-refractivity contribution in [1.29, 1.82) is 0 Å². The maximum absolute atomic E-state index is 6.29. The van der Waals surface area contributed by atoms with Gasteiger partial charge in [0.2, 0.25) is 0 Å². The third kappa shape index (κ3) is 3.18. The lowest BCUT2D eigenvalue weighted by Gasteiger charge is -2.37. The van der Waals surface area contributed by atoms with Gasteiger partial charge < -0.3 is 5.73 Å². The highest BCUT2D eigenvalue weighted by Gasteiger charge is 2.25. The highest BCUT2D eigenvalue weighted by atomic mass is 35.5. The molecule has 1 aromatic rings. The zero-order chi connectivity index (χ0) is 13.1. The molecule has 0 aliphatic carbocycles. The lowest BCUT2D eigenvalue weighted by molar-refractivity contribution is 0.133. The predicted molar refractivity (Wildman–Crippen MR) is 78.2 cm³/mol. The molecule has 0 aromatic heterocycles. The molecule has 1 aliphatic heterocycles. The number of hydrogen-bond acceptors (Lipinski definition) is 2. The molecule has 2 rings (SSSR count). The molecule has 18 heavy (non-hydrogen) atoms. The van der Waals surface area contributed by atoms with Crippen LogP contribution in [0.4, 0.5) is 0 Å². The highest BCUT2D eigenvalue weighted by molar-refractivity contribution is 6.35. The van der Waals surface area contributed by atoms with Crippen LogP contribution in [0, 0.1) is 5.92 Å². The van der Waals surface area contributed by atoms with E-state index in [2.05, 4.69) is 11.8 Å². The van der Waals surface area contributed by atoms with E-state index in [1.54, 1.807) is 6.07 Å². The van der Waals surface area contributed by atoms with Crippen molar-refractivity contribution in [3.63, 3.8) is 0 Å². The fourth-order valence-corrected chi connectivity index (χ4v) is 3.29. The largest absolute Gasteiger partial charge is 0.329 e. The summed E-state index contributed by atoms with van der Waals surface area (Å²) in [5.41, 5.74) is 7.05. The molecular formula is C14H20Cl2N2. The topological polar surface area (TPSA) is 29.3 Å². The van der Waals surface area contributed by atoms with Gasteiger partial charge in [-0.1, -0.05) is 36.2 Å². The Balaban J connectivity index is 2.21. The number of hydrogen-bond donors (Lipinski definition) is 1. The van der Waals surface area contributed by atoms with Crippen molar-refractivity contribution >= 4 is 23.2 Å². The molecule has 1 heterocycles. The van der Waals surface area contributed by atoms with Crippen LogP contribution in [0.1, 0.15) is 31.4 Å². The molecule has 1 fully saturated rings. The second-order valence-electron chi connectivity index (χ2n) is 5.16. The summed E-state index contributed by atoms with van der Waals surface area (Å²) in [5.74, 6) is 0.735. The maximum Gasteiger partial charge on any atom is 0.0485 e. The normalized spacial score (nSPS) is 23.0. The fraction of sp³-hybridized carbons (Fsp3) is 0.571. The summed E-state index contributed by atoms with van der Waals surface area (Å²) in [4.78, 5) is 2.45. The molecule has 0 spiro atoms. The number of rotatable bonds is 3. The monoisotopic (exact) mass is 286 g/mol. The van der Waals surface area contributed by atoms with E-state index in [1.165, 1.54) is 12.8 Å². The molecule has 1 aliphatic rings. The lowest BCUT2D eigenvalue weighted by atomic mass is 9.96. The first-order valence-corrected chi connectivity index (χ1v) is 7.26. The number of nitrogens with two attached hydrogens (primary N) is 1. The summed E-state index contributed by atoms with van der Waals surface area (Å²) in [6.07, 6.45) is 2.55. The molecular weight excluding hydrogens is 267 g/mol. The van der Waals surface area contributed by atoms with Crippen LogP contribution in [0.3, 0.4) is 0 Å². The van der Waals surface area contributed by atoms with Crippen LogP contribution in [0.5, 0.6) is 0 Å². The van der Waals surface area contributed by atoms with Crippen molar-refractivity contribution < 1.29 is 0 Å². The molecule has 1 aromatic carbocycles. The Kier molecular flexibility index (Phi) is 4.91. The molecule has 2 nitrogen and oxygen atoms in total. The predicted octanol–water partition coefficient (Wildman–Crippen LogP) is 3.73. The van der Waals surface area contributed by atoms with Crippen LogP contribution >= 0.6 is 23.2 Å². The summed E-state index contributed by atoms with van der Waals surface area (Å²) < 4.78 is 0. The Morgan fingerprint density at radius 3 is 2.83 bits per heavy atom. The quantitative estimate of drug-likeness (QED) is 0.918. The third-order valence-corrected chi connectivity index (χ3v) is 4.24. The third-order valence-electron chi connectivity index (χ3n) is 3.67. The van der Waals surface area contributed by atoms with Crippen LogP contribution in [-0.2, 0) is 0 Å². The van der Waals surface area contributed by atoms with Crippen molar-refractivity contribution in [1.82, 2.24) is 4.90 Å². The molecule has 2 N–H and O–H groups in total. The van der Waals surface area contributed by atoms with Crippen LogP contribution in [0.25, 0.3) is 0 Å². The molecule has 0 radical (unpaired) electrons. The van der Waals surface area contributed by atoms with Gasteiger partial charge in [-0.2, -0.15) is 0 Å². The summed E-state index contributed by atoms with van der Waals surface area (Å²) in [5, 5.41) is 1.39. The van der Waals surface area contributed by atoms with Crippen molar-refractivity contribution in [3.8, 4) is 0 Å². The van der Waals surface area contributed by atoms with Crippen molar-refractivity contribution in [2.24, 2.45) is 11.7 Å². The minimum absolute atomic E-state index is 0.206. The molecule has 100 valence electrons. The van der Waals surface area contributed by atoms with Gasteiger partial charge in [-0.15, -0.1) is 0 Å². The lowest BCUT2D eigenvalue weighted by Crippen LogP contribution is -2.40. The van der Waals surface area contributed by atoms with E-state index in [9.17, 15) is 0 Å². The minimum Gasteiger partial charge on any atom is -0.329 e. The highest BCUT2D eigenvalue weighted by Crippen LogP contribution is 2.31. The molecule has 0 amide bonds. The van der Waals surface area contributed by atoms with Crippen LogP contribution < -0.4 is 5.73 Å². The first kappa shape index (κ1) is 14.1. The summed E-state index contributed by atoms with van der Waals surface area (Å²) in [6.45, 7) is 5.09. The van der Waals surface area contributed by atoms with Gasteiger partial charge in [-0.3, -0.25) is 4.90 Å². The van der Waals surface area contributed by atoms with E-state index in [0.29, 0.717) is 11.6 Å². The van der Waals surface area contributed by atoms with Gasteiger partial charge in [0.1, 0.15) is 0 Å². The van der Waals surface area contributed by atoms with Gasteiger partial charge in [0.25, 0.3) is 0 Å². The van der Waals surface area contributed by atoms with E-state index in [0.717, 1.165) is 29.6 Å². The molecule has 0 bridgehead atoms. The standard InChI is InChI=1S/C14H20Cl2N2/c1-10-3-2-6-18(9-10)14(8-17)12-5-4-11(15)7-13(12)16/h4-5,7,10,14H,2-3,6,8-9,17H2,1H3/t10-,14+/m0/s1. The summed E-state index contributed by atoms with van der Waals surface area (Å²) >= 11 is 12.2. The first-order chi connectivity index (χ1) is 8.61. The SMILES string of the molecule is C[C@H]1CCCN([C@H](CN)c2ccc(Cl)cc2Cl)C1. The fourth-order valence-electron chi connectivity index (χ4n) is 2.75. The Morgan fingerprint density at radius 1 is 1.44 bits per heavy atom. The average molecular weight is 287 g/mol. The smallest absolute Gasteiger partial charge is 0.0485 e. The van der Waals surface area contributed by atoms with Crippen LogP contribution in [0.15, 0.2) is 18.2 Å². The molecule has 2 atom stereocenters. The number of nitrogens with zero attached hydrogens (tertiary/aromatic N) is 1. The Labute approximate surface area is 119 Å². The second kappa shape index (κ2) is 6.25. The van der Waals surface area contributed by atoms with E-state index in [1.807, 2.05) is 12.1 Å². The first-order valence-electron chi connectivity index (χ1n) is 6.51. The Morgan fingerprint density at radius 2 is 2.22 bits per heavy atom. The van der Waals surface area contributed by atoms with Gasteiger partial charge in [0, 0.05) is 29.2 Å². The van der Waals surface area contributed by atoms with Gasteiger partial charge in [-0.25, -0.2) is 0 Å². The van der Waals surface area contributed by atoms with Gasteiger partial charge in [0.05, 0.1) is 0 Å². The van der Waals surface area contributed by atoms with Crippen molar-refractivity contribution in [2.75, 3.05) is 19.6 Å². The number of likely N-dealkylation sites (tertiary alicyclic amines) is 1. The zero-order valence-corrected chi connectivity index (χ0v) is 12.2. The molecule has 0 saturated carbocycles. The Hall–Kier alpha value is -0.280. The zero-order valence-electron chi connectivity index (χ0n) is 10.7. The summed E-state index contributed by atoms with van der Waals surface area (Å²) in [7, 11) is 0. The number of benzene rings is 1. The van der Waals surface area contributed by atoms with E-state index in [4.69, 9.17) is 28.9 Å². The van der Waals surface area contributed by atoms with E-state index < -0.39 is 0 Å². The molecule has 4 heteroatoms. The minimum atomic E-state index is 0.206. The second-order valence-corrected chi connectivity index (χ2v) is 6.00. The number of piperidine rings is 1.